The highest BCUT2D eigenvalue weighted by Crippen LogP contribution is 2.49. The van der Waals surface area contributed by atoms with Crippen molar-refractivity contribution in [2.24, 2.45) is 0 Å². The number of fused-ring (bicyclic) bond motifs is 1. The highest BCUT2D eigenvalue weighted by Gasteiger charge is 2.47. The number of aromatic nitrogens is 1. The second-order valence-corrected chi connectivity index (χ2v) is 10.4. The monoisotopic (exact) mass is 460 g/mol. The highest BCUT2D eigenvalue weighted by molar-refractivity contribution is 7.98. The van der Waals surface area contributed by atoms with E-state index < -0.39 is 11.5 Å². The van der Waals surface area contributed by atoms with Gasteiger partial charge in [-0.25, -0.2) is 0 Å². The van der Waals surface area contributed by atoms with Crippen molar-refractivity contribution in [2.75, 3.05) is 27.2 Å². The van der Waals surface area contributed by atoms with Crippen LogP contribution in [0.25, 0.3) is 0 Å². The second kappa shape index (κ2) is 8.68. The molecule has 31 heavy (non-hydrogen) atoms. The van der Waals surface area contributed by atoms with E-state index in [0.717, 1.165) is 18.4 Å². The molecule has 1 aromatic heterocycles. The first-order valence-corrected chi connectivity index (χ1v) is 11.4. The molecule has 0 spiro atoms. The van der Waals surface area contributed by atoms with Crippen LogP contribution in [0, 0.1) is 0 Å². The average molecular weight is 461 g/mol. The molecule has 9 heteroatoms. The van der Waals surface area contributed by atoms with Gasteiger partial charge in [-0.3, -0.25) is 18.7 Å². The quantitative estimate of drug-likeness (QED) is 0.643. The van der Waals surface area contributed by atoms with Crippen LogP contribution in [0.2, 0.25) is 5.02 Å². The lowest BCUT2D eigenvalue weighted by molar-refractivity contribution is 0.0695. The lowest BCUT2D eigenvalue weighted by Crippen LogP contribution is -2.48. The van der Waals surface area contributed by atoms with E-state index in [1.54, 1.807) is 30.1 Å². The Morgan fingerprint density at radius 1 is 1.13 bits per heavy atom. The summed E-state index contributed by atoms with van der Waals surface area (Å²) in [4.78, 5) is 40.3. The lowest BCUT2D eigenvalue weighted by Gasteiger charge is -2.33. The van der Waals surface area contributed by atoms with Crippen LogP contribution in [0.3, 0.4) is 0 Å². The molecule has 1 aliphatic carbocycles. The molecule has 0 bridgehead atoms. The maximum absolute atomic E-state index is 13.0. The molecule has 1 aliphatic heterocycles. The molecule has 1 N–H and O–H groups in total. The van der Waals surface area contributed by atoms with E-state index in [-0.39, 0.29) is 22.8 Å². The first-order chi connectivity index (χ1) is 14.8. The first-order valence-electron chi connectivity index (χ1n) is 10.2. The Hall–Kier alpha value is -2.29. The van der Waals surface area contributed by atoms with Crippen LogP contribution >= 0.6 is 23.5 Å². The molecule has 164 valence electrons. The molecule has 2 amide bonds. The van der Waals surface area contributed by atoms with Gasteiger partial charge in [0, 0.05) is 35.9 Å². The Morgan fingerprint density at radius 3 is 2.48 bits per heavy atom. The number of carbonyl (C=O) groups is 2. The Labute approximate surface area is 190 Å². The molecule has 1 fully saturated rings. The molecule has 0 unspecified atom stereocenters. The molecule has 2 aliphatic rings. The van der Waals surface area contributed by atoms with Crippen molar-refractivity contribution in [3.05, 3.63) is 68.6 Å². The standard InChI is InChI=1S/C22H25ClN4O3S/c1-25(2)31-22(9-10-22)14-26-11-12-27-18(21(26)30)8-7-17(20(27)29)19(28)24-13-15-3-5-16(23)6-4-15/h3-8H,9-14H2,1-2H3,(H,24,28). The number of nitrogens with one attached hydrogen (secondary N) is 1. The fraction of sp³-hybridized carbons (Fsp3) is 0.409. The van der Waals surface area contributed by atoms with E-state index >= 15 is 0 Å². The SMILES string of the molecule is CN(C)SC1(CN2CCn3c(ccc(C(=O)NCc4ccc(Cl)cc4)c3=O)C2=O)CC1. The molecule has 0 saturated heterocycles. The summed E-state index contributed by atoms with van der Waals surface area (Å²) in [5.74, 6) is -0.605. The van der Waals surface area contributed by atoms with E-state index in [4.69, 9.17) is 11.6 Å². The summed E-state index contributed by atoms with van der Waals surface area (Å²) in [5, 5.41) is 3.38. The van der Waals surface area contributed by atoms with E-state index in [0.29, 0.717) is 30.4 Å². The minimum absolute atomic E-state index is 0.0424. The van der Waals surface area contributed by atoms with E-state index in [9.17, 15) is 14.4 Å². The Balaban J connectivity index is 1.46. The minimum Gasteiger partial charge on any atom is -0.348 e. The third-order valence-electron chi connectivity index (χ3n) is 5.55. The van der Waals surface area contributed by atoms with E-state index in [1.807, 2.05) is 31.1 Å². The third kappa shape index (κ3) is 4.81. The van der Waals surface area contributed by atoms with Gasteiger partial charge in [0.25, 0.3) is 17.4 Å². The summed E-state index contributed by atoms with van der Waals surface area (Å²) in [6.45, 7) is 1.82. The Kier molecular flexibility index (Phi) is 6.14. The van der Waals surface area contributed by atoms with Crippen molar-refractivity contribution in [1.29, 1.82) is 0 Å². The summed E-state index contributed by atoms with van der Waals surface area (Å²) in [6.07, 6.45) is 2.17. The van der Waals surface area contributed by atoms with Gasteiger partial charge in [0.15, 0.2) is 0 Å². The summed E-state index contributed by atoms with van der Waals surface area (Å²) >= 11 is 7.65. The molecular formula is C22H25ClN4O3S. The van der Waals surface area contributed by atoms with Crippen molar-refractivity contribution in [2.45, 2.75) is 30.7 Å². The Morgan fingerprint density at radius 2 is 1.84 bits per heavy atom. The fourth-order valence-corrected chi connectivity index (χ4v) is 5.23. The number of nitrogens with zero attached hydrogens (tertiary/aromatic N) is 3. The molecule has 4 rings (SSSR count). The summed E-state index contributed by atoms with van der Waals surface area (Å²) < 4.78 is 3.59. The number of benzene rings is 1. The number of hydrogen-bond acceptors (Lipinski definition) is 5. The number of halogens is 1. The molecule has 0 atom stereocenters. The van der Waals surface area contributed by atoms with Crippen molar-refractivity contribution in [3.63, 3.8) is 0 Å². The predicted octanol–water partition coefficient (Wildman–Crippen LogP) is 2.63. The maximum atomic E-state index is 13.0. The van der Waals surface area contributed by atoms with Crippen molar-refractivity contribution >= 4 is 35.4 Å². The van der Waals surface area contributed by atoms with Gasteiger partial charge in [-0.2, -0.15) is 0 Å². The molecule has 0 radical (unpaired) electrons. The molecule has 1 saturated carbocycles. The maximum Gasteiger partial charge on any atom is 0.270 e. The molecular weight excluding hydrogens is 436 g/mol. The highest BCUT2D eigenvalue weighted by atomic mass is 35.5. The van der Waals surface area contributed by atoms with Gasteiger partial charge in [-0.15, -0.1) is 0 Å². The molecule has 7 nitrogen and oxygen atoms in total. The zero-order valence-corrected chi connectivity index (χ0v) is 19.1. The van der Waals surface area contributed by atoms with Crippen LogP contribution in [0.5, 0.6) is 0 Å². The van der Waals surface area contributed by atoms with Gasteiger partial charge in [0.05, 0.1) is 0 Å². The van der Waals surface area contributed by atoms with Gasteiger partial charge in [0.2, 0.25) is 0 Å². The van der Waals surface area contributed by atoms with E-state index in [1.165, 1.54) is 10.6 Å². The summed E-state index contributed by atoms with van der Waals surface area (Å²) in [5.41, 5.74) is 0.839. The fourth-order valence-electron chi connectivity index (χ4n) is 3.83. The van der Waals surface area contributed by atoms with Crippen molar-refractivity contribution < 1.29 is 9.59 Å². The number of rotatable bonds is 7. The topological polar surface area (TPSA) is 74.7 Å². The normalized spacial score (nSPS) is 16.9. The number of carbonyl (C=O) groups excluding carboxylic acids is 2. The van der Waals surface area contributed by atoms with Crippen LogP contribution in [0.4, 0.5) is 0 Å². The summed E-state index contributed by atoms with van der Waals surface area (Å²) in [6, 6.07) is 10.2. The third-order valence-corrected chi connectivity index (χ3v) is 7.09. The number of amides is 2. The van der Waals surface area contributed by atoms with Crippen molar-refractivity contribution in [1.82, 2.24) is 19.1 Å². The van der Waals surface area contributed by atoms with E-state index in [2.05, 4.69) is 9.62 Å². The second-order valence-electron chi connectivity index (χ2n) is 8.21. The zero-order chi connectivity index (χ0) is 22.2. The smallest absolute Gasteiger partial charge is 0.270 e. The van der Waals surface area contributed by atoms with Gasteiger partial charge in [-0.05, 0) is 56.8 Å². The van der Waals surface area contributed by atoms with Crippen LogP contribution in [0.15, 0.2) is 41.2 Å². The van der Waals surface area contributed by atoms with Gasteiger partial charge in [-0.1, -0.05) is 35.7 Å². The minimum atomic E-state index is -0.454. The zero-order valence-electron chi connectivity index (χ0n) is 17.6. The predicted molar refractivity (Wildman–Crippen MR) is 122 cm³/mol. The van der Waals surface area contributed by atoms with Crippen LogP contribution in [0.1, 0.15) is 39.3 Å². The molecule has 2 aromatic rings. The molecule has 1 aromatic carbocycles. The van der Waals surface area contributed by atoms with Gasteiger partial charge < -0.3 is 14.8 Å². The van der Waals surface area contributed by atoms with Crippen LogP contribution in [-0.4, -0.2) is 57.5 Å². The first kappa shape index (κ1) is 21.9. The van der Waals surface area contributed by atoms with Crippen LogP contribution in [-0.2, 0) is 13.1 Å². The lowest BCUT2D eigenvalue weighted by atomic mass is 10.1. The number of hydrogen-bond donors (Lipinski definition) is 1. The Bertz CT molecular complexity index is 1060. The largest absolute Gasteiger partial charge is 0.348 e. The number of pyridine rings is 1. The average Bonchev–Trinajstić information content (AvgIpc) is 3.48. The summed E-state index contributed by atoms with van der Waals surface area (Å²) in [7, 11) is 4.02. The molecule has 2 heterocycles. The van der Waals surface area contributed by atoms with Crippen molar-refractivity contribution in [3.8, 4) is 0 Å². The van der Waals surface area contributed by atoms with Gasteiger partial charge >= 0.3 is 0 Å². The van der Waals surface area contributed by atoms with Crippen LogP contribution < -0.4 is 10.9 Å². The van der Waals surface area contributed by atoms with Gasteiger partial charge in [0.1, 0.15) is 11.3 Å².